The summed E-state index contributed by atoms with van der Waals surface area (Å²) in [5, 5.41) is 13.6. The summed E-state index contributed by atoms with van der Waals surface area (Å²) in [4.78, 5) is 12.9. The van der Waals surface area contributed by atoms with E-state index in [4.69, 9.17) is 16.0 Å². The zero-order valence-corrected chi connectivity index (χ0v) is 13.6. The summed E-state index contributed by atoms with van der Waals surface area (Å²) in [5.74, 6) is 1.68. The number of anilines is 1. The van der Waals surface area contributed by atoms with Crippen molar-refractivity contribution in [3.05, 3.63) is 46.6 Å². The number of benzene rings is 1. The van der Waals surface area contributed by atoms with Crippen LogP contribution in [0.1, 0.15) is 17.3 Å². The first-order valence-corrected chi connectivity index (χ1v) is 7.66. The molecule has 1 aromatic carbocycles. The second-order valence-corrected chi connectivity index (χ2v) is 5.80. The summed E-state index contributed by atoms with van der Waals surface area (Å²) in [6.07, 6.45) is 0.634. The molecule has 2 aromatic heterocycles. The molecule has 120 valence electrons. The molecule has 2 N–H and O–H groups in total. The first-order chi connectivity index (χ1) is 11.0. The summed E-state index contributed by atoms with van der Waals surface area (Å²) in [5.41, 5.74) is 2.09. The smallest absolute Gasteiger partial charge is 0.252 e. The van der Waals surface area contributed by atoms with Crippen molar-refractivity contribution in [3.63, 3.8) is 0 Å². The van der Waals surface area contributed by atoms with Crippen LogP contribution in [0.15, 0.2) is 28.7 Å². The molecule has 0 saturated heterocycles. The van der Waals surface area contributed by atoms with E-state index in [2.05, 4.69) is 20.3 Å². The van der Waals surface area contributed by atoms with E-state index in [1.165, 1.54) is 0 Å². The molecule has 23 heavy (non-hydrogen) atoms. The summed E-state index contributed by atoms with van der Waals surface area (Å²) in [7, 11) is 0. The molecule has 0 bridgehead atoms. The van der Waals surface area contributed by atoms with Gasteiger partial charge in [-0.1, -0.05) is 23.7 Å². The second kappa shape index (κ2) is 6.52. The first-order valence-electron chi connectivity index (χ1n) is 7.29. The summed E-state index contributed by atoms with van der Waals surface area (Å²) in [6.45, 7) is 3.51. The molecule has 6 nitrogen and oxygen atoms in total. The minimum Gasteiger partial charge on any atom is -0.422 e. The van der Waals surface area contributed by atoms with Gasteiger partial charge in [0.15, 0.2) is 17.2 Å². The van der Waals surface area contributed by atoms with Crippen LogP contribution >= 0.6 is 11.6 Å². The quantitative estimate of drug-likeness (QED) is 0.747. The molecule has 0 aliphatic heterocycles. The number of hydrogen-bond donors (Lipinski definition) is 2. The highest BCUT2D eigenvalue weighted by Crippen LogP contribution is 2.22. The highest BCUT2D eigenvalue weighted by atomic mass is 35.5. The van der Waals surface area contributed by atoms with E-state index < -0.39 is 0 Å². The molecule has 0 aliphatic rings. The van der Waals surface area contributed by atoms with E-state index in [9.17, 15) is 5.11 Å². The van der Waals surface area contributed by atoms with Crippen LogP contribution in [0.5, 0.6) is 0 Å². The number of aryl methyl sites for hydroxylation is 2. The topological polar surface area (TPSA) is 84.1 Å². The lowest BCUT2D eigenvalue weighted by atomic mass is 10.1. The maximum Gasteiger partial charge on any atom is 0.252 e. The van der Waals surface area contributed by atoms with E-state index in [0.29, 0.717) is 40.2 Å². The number of aromatic nitrogens is 3. The van der Waals surface area contributed by atoms with Gasteiger partial charge >= 0.3 is 0 Å². The van der Waals surface area contributed by atoms with Crippen LogP contribution in [-0.2, 0) is 6.42 Å². The third-order valence-corrected chi connectivity index (χ3v) is 3.69. The molecular formula is C16H17ClN4O2. The number of oxazole rings is 1. The SMILES string of the molecule is Cc1nc(NC(CO)Cc2ccc(Cl)cc2)c2nc(C)oc2n1. The number of aliphatic hydroxyl groups is 1. The Hall–Kier alpha value is -2.18. The molecule has 3 rings (SSSR count). The lowest BCUT2D eigenvalue weighted by Gasteiger charge is -2.17. The van der Waals surface area contributed by atoms with Crippen molar-refractivity contribution in [2.45, 2.75) is 26.3 Å². The van der Waals surface area contributed by atoms with Crippen molar-refractivity contribution in [1.82, 2.24) is 15.0 Å². The van der Waals surface area contributed by atoms with Gasteiger partial charge in [0.25, 0.3) is 5.71 Å². The van der Waals surface area contributed by atoms with Crippen molar-refractivity contribution < 1.29 is 9.52 Å². The monoisotopic (exact) mass is 332 g/mol. The summed E-state index contributed by atoms with van der Waals surface area (Å²) < 4.78 is 5.46. The van der Waals surface area contributed by atoms with Gasteiger partial charge in [0.2, 0.25) is 0 Å². The minimum atomic E-state index is -0.203. The van der Waals surface area contributed by atoms with Crippen LogP contribution in [0, 0.1) is 13.8 Å². The van der Waals surface area contributed by atoms with Crippen molar-refractivity contribution in [2.24, 2.45) is 0 Å². The van der Waals surface area contributed by atoms with Gasteiger partial charge in [-0.3, -0.25) is 0 Å². The number of hydrogen-bond acceptors (Lipinski definition) is 6. The zero-order chi connectivity index (χ0) is 16.4. The first kappa shape index (κ1) is 15.7. The van der Waals surface area contributed by atoms with Crippen LogP contribution in [-0.4, -0.2) is 32.7 Å². The Morgan fingerprint density at radius 2 is 1.91 bits per heavy atom. The van der Waals surface area contributed by atoms with E-state index in [1.807, 2.05) is 24.3 Å². The molecule has 2 heterocycles. The van der Waals surface area contributed by atoms with Gasteiger partial charge in [0, 0.05) is 11.9 Å². The van der Waals surface area contributed by atoms with Crippen LogP contribution < -0.4 is 5.32 Å². The lowest BCUT2D eigenvalue weighted by Crippen LogP contribution is -2.27. The predicted octanol–water partition coefficient (Wildman–Crippen LogP) is 2.90. The molecule has 0 spiro atoms. The van der Waals surface area contributed by atoms with E-state index in [0.717, 1.165) is 5.56 Å². The fourth-order valence-electron chi connectivity index (χ4n) is 2.39. The Kier molecular flexibility index (Phi) is 4.45. The van der Waals surface area contributed by atoms with Gasteiger partial charge in [-0.15, -0.1) is 0 Å². The van der Waals surface area contributed by atoms with Crippen LogP contribution in [0.25, 0.3) is 11.2 Å². The number of rotatable bonds is 5. The Bertz CT molecular complexity index is 817. The fourth-order valence-corrected chi connectivity index (χ4v) is 2.52. The zero-order valence-electron chi connectivity index (χ0n) is 12.9. The third-order valence-electron chi connectivity index (χ3n) is 3.43. The average molecular weight is 333 g/mol. The molecule has 1 unspecified atom stereocenters. The molecule has 0 fully saturated rings. The highest BCUT2D eigenvalue weighted by molar-refractivity contribution is 6.30. The van der Waals surface area contributed by atoms with Gasteiger partial charge in [0.05, 0.1) is 12.6 Å². The minimum absolute atomic E-state index is 0.0377. The molecular weight excluding hydrogens is 316 g/mol. The highest BCUT2D eigenvalue weighted by Gasteiger charge is 2.16. The molecule has 0 aliphatic carbocycles. The number of fused-ring (bicyclic) bond motifs is 1. The normalized spacial score (nSPS) is 12.5. The Morgan fingerprint density at radius 3 is 2.61 bits per heavy atom. The van der Waals surface area contributed by atoms with E-state index in [1.54, 1.807) is 13.8 Å². The second-order valence-electron chi connectivity index (χ2n) is 5.36. The molecule has 0 amide bonds. The van der Waals surface area contributed by atoms with Gasteiger partial charge in [0.1, 0.15) is 5.82 Å². The molecule has 3 aromatic rings. The van der Waals surface area contributed by atoms with E-state index in [-0.39, 0.29) is 12.6 Å². The average Bonchev–Trinajstić information content (AvgIpc) is 2.89. The summed E-state index contributed by atoms with van der Waals surface area (Å²) >= 11 is 5.90. The predicted molar refractivity (Wildman–Crippen MR) is 88.7 cm³/mol. The lowest BCUT2D eigenvalue weighted by molar-refractivity contribution is 0.273. The number of halogens is 1. The number of nitrogens with one attached hydrogen (secondary N) is 1. The van der Waals surface area contributed by atoms with Gasteiger partial charge in [-0.25, -0.2) is 9.97 Å². The Labute approximate surface area is 138 Å². The Balaban J connectivity index is 1.85. The van der Waals surface area contributed by atoms with Crippen LogP contribution in [0.3, 0.4) is 0 Å². The van der Waals surface area contributed by atoms with Crippen LogP contribution in [0.2, 0.25) is 5.02 Å². The number of nitrogens with zero attached hydrogens (tertiary/aromatic N) is 3. The van der Waals surface area contributed by atoms with Crippen molar-refractivity contribution in [1.29, 1.82) is 0 Å². The molecule has 1 atom stereocenters. The standard InChI is InChI=1S/C16H17ClN4O2/c1-9-18-15(14-16(19-9)23-10(2)20-14)21-13(8-22)7-11-3-5-12(17)6-4-11/h3-6,13,22H,7-8H2,1-2H3,(H,18,19,21). The van der Waals surface area contributed by atoms with Gasteiger partial charge in [-0.05, 0) is 31.0 Å². The van der Waals surface area contributed by atoms with E-state index >= 15 is 0 Å². The van der Waals surface area contributed by atoms with Crippen molar-refractivity contribution in [3.8, 4) is 0 Å². The molecule has 7 heteroatoms. The molecule has 0 radical (unpaired) electrons. The third kappa shape index (κ3) is 3.60. The fraction of sp³-hybridized carbons (Fsp3) is 0.312. The van der Waals surface area contributed by atoms with Crippen molar-refractivity contribution in [2.75, 3.05) is 11.9 Å². The summed E-state index contributed by atoms with van der Waals surface area (Å²) in [6, 6.07) is 7.34. The van der Waals surface area contributed by atoms with Crippen LogP contribution in [0.4, 0.5) is 5.82 Å². The maximum atomic E-state index is 9.67. The van der Waals surface area contributed by atoms with Gasteiger partial charge < -0.3 is 14.8 Å². The maximum absolute atomic E-state index is 9.67. The molecule has 0 saturated carbocycles. The van der Waals surface area contributed by atoms with Crippen molar-refractivity contribution >= 4 is 28.6 Å². The largest absolute Gasteiger partial charge is 0.422 e. The number of aliphatic hydroxyl groups excluding tert-OH is 1. The Morgan fingerprint density at radius 1 is 1.17 bits per heavy atom. The van der Waals surface area contributed by atoms with Gasteiger partial charge in [-0.2, -0.15) is 4.98 Å².